The molecule has 1 aliphatic rings. The average Bonchev–Trinajstić information content (AvgIpc) is 2.69. The van der Waals surface area contributed by atoms with E-state index in [4.69, 9.17) is 9.84 Å². The van der Waals surface area contributed by atoms with Crippen LogP contribution in [-0.2, 0) is 11.3 Å². The smallest absolute Gasteiger partial charge is 0.251 e. The second-order valence-electron chi connectivity index (χ2n) is 3.28. The highest BCUT2D eigenvalue weighted by Crippen LogP contribution is 2.25. The fraction of sp³-hybridized carbons (Fsp3) is 0.556. The molecular weight excluding hydrogens is 184 g/mol. The van der Waals surface area contributed by atoms with E-state index in [-0.39, 0.29) is 18.3 Å². The summed E-state index contributed by atoms with van der Waals surface area (Å²) in [4.78, 5) is 17.7. The Morgan fingerprint density at radius 2 is 2.57 bits per heavy atom. The minimum Gasteiger partial charge on any atom is -0.388 e. The van der Waals surface area contributed by atoms with Gasteiger partial charge in [0, 0.05) is 12.7 Å². The van der Waals surface area contributed by atoms with E-state index in [1.807, 2.05) is 0 Å². The van der Waals surface area contributed by atoms with Crippen molar-refractivity contribution < 1.29 is 9.84 Å². The van der Waals surface area contributed by atoms with Gasteiger partial charge in [0.2, 0.25) is 0 Å². The van der Waals surface area contributed by atoms with Crippen molar-refractivity contribution in [2.45, 2.75) is 25.6 Å². The van der Waals surface area contributed by atoms with Gasteiger partial charge in [-0.05, 0) is 12.8 Å². The van der Waals surface area contributed by atoms with Crippen molar-refractivity contribution in [2.75, 3.05) is 6.61 Å². The highest BCUT2D eigenvalue weighted by atomic mass is 16.5. The van der Waals surface area contributed by atoms with Crippen LogP contribution in [-0.4, -0.2) is 21.7 Å². The van der Waals surface area contributed by atoms with Gasteiger partial charge in [0.05, 0.1) is 11.8 Å². The lowest BCUT2D eigenvalue weighted by molar-refractivity contribution is 0.108. The minimum atomic E-state index is -0.254. The zero-order valence-electron chi connectivity index (χ0n) is 7.69. The van der Waals surface area contributed by atoms with Crippen LogP contribution in [0.2, 0.25) is 0 Å². The van der Waals surface area contributed by atoms with E-state index in [0.717, 1.165) is 12.8 Å². The Kier molecular flexibility index (Phi) is 2.60. The number of aromatic nitrogens is 2. The van der Waals surface area contributed by atoms with Crippen LogP contribution in [0.1, 0.15) is 30.5 Å². The first kappa shape index (κ1) is 9.36. The summed E-state index contributed by atoms with van der Waals surface area (Å²) in [5.41, 5.74) is 0.379. The number of aromatic amines is 1. The van der Waals surface area contributed by atoms with Crippen molar-refractivity contribution in [3.8, 4) is 0 Å². The van der Waals surface area contributed by atoms with Crippen molar-refractivity contribution in [1.29, 1.82) is 0 Å². The molecule has 0 bridgehead atoms. The first-order chi connectivity index (χ1) is 6.79. The van der Waals surface area contributed by atoms with Crippen LogP contribution in [0.5, 0.6) is 0 Å². The summed E-state index contributed by atoms with van der Waals surface area (Å²) in [6, 6.07) is 1.43. The Morgan fingerprint density at radius 1 is 1.71 bits per heavy atom. The molecule has 1 atom stereocenters. The van der Waals surface area contributed by atoms with Gasteiger partial charge in [0.1, 0.15) is 12.4 Å². The number of aliphatic hydroxyl groups is 1. The van der Waals surface area contributed by atoms with Crippen LogP contribution in [0.25, 0.3) is 0 Å². The summed E-state index contributed by atoms with van der Waals surface area (Å²) in [6.07, 6.45) is 1.80. The molecule has 0 spiro atoms. The highest BCUT2D eigenvalue weighted by molar-refractivity contribution is 5.06. The molecule has 0 aromatic carbocycles. The third-order valence-electron chi connectivity index (χ3n) is 2.22. The standard InChI is InChI=1S/C9H12N2O3/c12-5-8-10-6(4-9(13)11-8)7-2-1-3-14-7/h4,7,12H,1-3,5H2,(H,10,11,13). The molecule has 1 fully saturated rings. The van der Waals surface area contributed by atoms with Gasteiger partial charge < -0.3 is 14.8 Å². The molecule has 0 saturated carbocycles. The molecule has 2 rings (SSSR count). The van der Waals surface area contributed by atoms with Gasteiger partial charge in [-0.3, -0.25) is 4.79 Å². The first-order valence-electron chi connectivity index (χ1n) is 4.62. The van der Waals surface area contributed by atoms with Gasteiger partial charge in [0.15, 0.2) is 0 Å². The number of hydrogen-bond donors (Lipinski definition) is 2. The molecule has 2 N–H and O–H groups in total. The largest absolute Gasteiger partial charge is 0.388 e. The Labute approximate surface area is 80.8 Å². The molecule has 14 heavy (non-hydrogen) atoms. The first-order valence-corrected chi connectivity index (χ1v) is 4.62. The summed E-state index contributed by atoms with van der Waals surface area (Å²) >= 11 is 0. The molecule has 5 heteroatoms. The van der Waals surface area contributed by atoms with Crippen LogP contribution in [0.3, 0.4) is 0 Å². The Bertz CT molecular complexity index is 369. The second kappa shape index (κ2) is 3.89. The summed E-state index contributed by atoms with van der Waals surface area (Å²) in [6.45, 7) is 0.462. The van der Waals surface area contributed by atoms with Crippen LogP contribution < -0.4 is 5.56 Å². The molecule has 5 nitrogen and oxygen atoms in total. The lowest BCUT2D eigenvalue weighted by Gasteiger charge is -2.08. The average molecular weight is 196 g/mol. The van der Waals surface area contributed by atoms with E-state index in [0.29, 0.717) is 18.1 Å². The lowest BCUT2D eigenvalue weighted by Crippen LogP contribution is -2.14. The zero-order chi connectivity index (χ0) is 9.97. The third-order valence-corrected chi connectivity index (χ3v) is 2.22. The summed E-state index contributed by atoms with van der Waals surface area (Å²) in [5, 5.41) is 8.86. The van der Waals surface area contributed by atoms with E-state index in [9.17, 15) is 4.79 Å². The molecule has 1 aliphatic heterocycles. The number of nitrogens with one attached hydrogen (secondary N) is 1. The van der Waals surface area contributed by atoms with Gasteiger partial charge in [0.25, 0.3) is 5.56 Å². The molecule has 1 aromatic rings. The van der Waals surface area contributed by atoms with E-state index >= 15 is 0 Å². The maximum atomic E-state index is 11.2. The lowest BCUT2D eigenvalue weighted by atomic mass is 10.2. The molecule has 1 aromatic heterocycles. The summed E-state index contributed by atoms with van der Waals surface area (Å²) in [5.74, 6) is 0.294. The Balaban J connectivity index is 2.32. The van der Waals surface area contributed by atoms with Gasteiger partial charge in [-0.25, -0.2) is 4.98 Å². The predicted molar refractivity (Wildman–Crippen MR) is 48.7 cm³/mol. The highest BCUT2D eigenvalue weighted by Gasteiger charge is 2.19. The fourth-order valence-electron chi connectivity index (χ4n) is 1.58. The monoisotopic (exact) mass is 196 g/mol. The van der Waals surface area contributed by atoms with Crippen molar-refractivity contribution >= 4 is 0 Å². The number of nitrogens with zero attached hydrogens (tertiary/aromatic N) is 1. The minimum absolute atomic E-state index is 0.0809. The SMILES string of the molecule is O=c1cc(C2CCCO2)nc(CO)[nH]1. The third kappa shape index (κ3) is 1.83. The van der Waals surface area contributed by atoms with E-state index in [1.165, 1.54) is 6.07 Å². The number of hydrogen-bond acceptors (Lipinski definition) is 4. The van der Waals surface area contributed by atoms with Crippen molar-refractivity contribution in [3.63, 3.8) is 0 Å². The molecule has 0 radical (unpaired) electrons. The van der Waals surface area contributed by atoms with Crippen molar-refractivity contribution in [3.05, 3.63) is 27.9 Å². The maximum Gasteiger partial charge on any atom is 0.251 e. The van der Waals surface area contributed by atoms with E-state index < -0.39 is 0 Å². The summed E-state index contributed by atoms with van der Waals surface area (Å²) < 4.78 is 5.40. The number of H-pyrrole nitrogens is 1. The topological polar surface area (TPSA) is 75.2 Å². The molecule has 1 unspecified atom stereocenters. The molecule has 0 aliphatic carbocycles. The Morgan fingerprint density at radius 3 is 3.21 bits per heavy atom. The zero-order valence-corrected chi connectivity index (χ0v) is 7.69. The van der Waals surface area contributed by atoms with Crippen LogP contribution >= 0.6 is 0 Å². The van der Waals surface area contributed by atoms with E-state index in [1.54, 1.807) is 0 Å². The molecule has 2 heterocycles. The Hall–Kier alpha value is -1.20. The van der Waals surface area contributed by atoms with Gasteiger partial charge in [-0.1, -0.05) is 0 Å². The molecule has 0 amide bonds. The van der Waals surface area contributed by atoms with E-state index in [2.05, 4.69) is 9.97 Å². The predicted octanol–water partition coefficient (Wildman–Crippen LogP) is 0.114. The fourth-order valence-corrected chi connectivity index (χ4v) is 1.58. The summed E-state index contributed by atoms with van der Waals surface area (Å²) in [7, 11) is 0. The quantitative estimate of drug-likeness (QED) is 0.704. The normalized spacial score (nSPS) is 21.4. The molecule has 1 saturated heterocycles. The van der Waals surface area contributed by atoms with Gasteiger partial charge in [-0.15, -0.1) is 0 Å². The number of ether oxygens (including phenoxy) is 1. The number of rotatable bonds is 2. The number of aliphatic hydroxyl groups excluding tert-OH is 1. The van der Waals surface area contributed by atoms with Crippen LogP contribution in [0.4, 0.5) is 0 Å². The van der Waals surface area contributed by atoms with Gasteiger partial charge in [-0.2, -0.15) is 0 Å². The molecule has 76 valence electrons. The van der Waals surface area contributed by atoms with Crippen molar-refractivity contribution in [1.82, 2.24) is 9.97 Å². The second-order valence-corrected chi connectivity index (χ2v) is 3.28. The van der Waals surface area contributed by atoms with Gasteiger partial charge >= 0.3 is 0 Å². The molecular formula is C9H12N2O3. The van der Waals surface area contributed by atoms with Crippen LogP contribution in [0.15, 0.2) is 10.9 Å². The maximum absolute atomic E-state index is 11.2. The van der Waals surface area contributed by atoms with Crippen molar-refractivity contribution in [2.24, 2.45) is 0 Å². The van der Waals surface area contributed by atoms with Crippen LogP contribution in [0, 0.1) is 0 Å².